The third-order valence-corrected chi connectivity index (χ3v) is 16.7. The van der Waals surface area contributed by atoms with Crippen LogP contribution in [0.4, 0.5) is 26.7 Å². The van der Waals surface area contributed by atoms with Gasteiger partial charge in [0.15, 0.2) is 6.10 Å². The molecule has 0 spiro atoms. The van der Waals surface area contributed by atoms with Gasteiger partial charge in [0.1, 0.15) is 18.1 Å². The molecule has 5 aromatic rings. The van der Waals surface area contributed by atoms with E-state index in [9.17, 15) is 48.3 Å². The van der Waals surface area contributed by atoms with Crippen LogP contribution in [-0.4, -0.2) is 119 Å². The van der Waals surface area contributed by atoms with Crippen LogP contribution in [0, 0.1) is 17.3 Å². The van der Waals surface area contributed by atoms with E-state index in [2.05, 4.69) is 37.2 Å². The number of urea groups is 1. The zero-order valence-corrected chi connectivity index (χ0v) is 53.7. The van der Waals surface area contributed by atoms with E-state index in [0.29, 0.717) is 29.2 Å². The number of hydrogen-bond donors (Lipinski definition) is 9. The van der Waals surface area contributed by atoms with Gasteiger partial charge < -0.3 is 61.8 Å². The molecule has 10 N–H and O–H groups in total. The Morgan fingerprint density at radius 2 is 1.42 bits per heavy atom. The Labute approximate surface area is 526 Å². The fraction of sp³-hybridized carbons (Fsp3) is 0.426. The highest BCUT2D eigenvalue weighted by atomic mass is 16.6. The molecule has 480 valence electrons. The molecule has 9 amide bonds. The molecule has 1 aromatic heterocycles. The summed E-state index contributed by atoms with van der Waals surface area (Å²) in [6.45, 7) is 18.7. The number of nitrogens with zero attached hydrogens (tertiary/aromatic N) is 3. The Bertz CT molecular complexity index is 3620. The topological polar surface area (TPSA) is 305 Å². The first-order chi connectivity index (χ1) is 42.4. The number of amides is 9. The highest BCUT2D eigenvalue weighted by molar-refractivity contribution is 6.01. The molecule has 0 bridgehead atoms. The van der Waals surface area contributed by atoms with Crippen molar-refractivity contribution in [2.24, 2.45) is 30.0 Å². The number of ether oxygens (including phenoxy) is 1. The third kappa shape index (κ3) is 16.5. The van der Waals surface area contributed by atoms with Gasteiger partial charge in [-0.1, -0.05) is 135 Å². The second kappa shape index (κ2) is 28.9. The van der Waals surface area contributed by atoms with Crippen LogP contribution in [-0.2, 0) is 57.3 Å². The number of carbonyl (C=O) groups excluding carboxylic acids is 8. The monoisotopic (exact) mass is 1230 g/mol. The molecule has 2 heterocycles. The number of aryl methyl sites for hydroxylation is 1. The molecule has 7 rings (SSSR count). The number of aromatic nitrogens is 1. The molecule has 22 nitrogen and oxygen atoms in total. The molecule has 0 saturated carbocycles. The van der Waals surface area contributed by atoms with Crippen molar-refractivity contribution in [2.45, 2.75) is 143 Å². The number of anilines is 3. The maximum Gasteiger partial charge on any atom is 0.412 e. The molecule has 1 unspecified atom stereocenters. The molecule has 1 aliphatic carbocycles. The number of nitrogens with two attached hydrogens (primary N) is 1. The van der Waals surface area contributed by atoms with Crippen LogP contribution in [0.2, 0.25) is 0 Å². The summed E-state index contributed by atoms with van der Waals surface area (Å²) >= 11 is 0. The standard InChI is InChI=1S/C68H87N11O11/c1-38(2)52(33-40(5)64(86)87)78(13)63(85)59(67(6,7)8)76-62(84)58(70-11)68(9,10)49-37-77(12)53-35-45(27-29-47(49)53)73-66(89)90-57-46-28-26-44(34-48(46)57)72-60(82)50(22-18-32-71-65(69)88)74-61(83)56(39(3)4)75-54(80)30-31-55(81)79-36-43-21-15-14-19-41(43)24-25-42-20-16-17-23-51(42)79/h14-17,19-21,23-29,33-35,37-39,50,52,56-59,70H,18,22,30-32,36H2,1-13H3,(H,72,82)(H,73,89)(H,74,83)(H,75,80)(H,76,84)(H,86,87)(H3,69,71,88)/b25-24-,40-33+/t50-,52+,56-,57?,58+,59+/m0/s1. The van der Waals surface area contributed by atoms with Gasteiger partial charge in [-0.15, -0.1) is 0 Å². The van der Waals surface area contributed by atoms with Gasteiger partial charge in [-0.2, -0.15) is 0 Å². The minimum Gasteiger partial charge on any atom is -0.478 e. The summed E-state index contributed by atoms with van der Waals surface area (Å²) < 4.78 is 7.73. The molecular formula is C68H87N11O11. The second-order valence-electron chi connectivity index (χ2n) is 25.6. The predicted octanol–water partition coefficient (Wildman–Crippen LogP) is 8.25. The summed E-state index contributed by atoms with van der Waals surface area (Å²) in [4.78, 5) is 124. The van der Waals surface area contributed by atoms with Crippen LogP contribution in [0.1, 0.15) is 134 Å². The maximum atomic E-state index is 14.4. The SMILES string of the molecule is CN[C@H](C(=O)N[C@H](C(=O)N(C)[C@H](/C=C(\C)C(=O)O)C(C)C)C(C)(C)C)C(C)(C)c1cn(C)c2cc(NC(=O)OC3c4ccc(NC(=O)[C@H](CCCNC(N)=O)NC(=O)[C@@H](NC(=O)CCC(=O)N5Cc6ccccc6/C=C\c6ccccc65)C(C)C)cc43)ccc12. The smallest absolute Gasteiger partial charge is 0.412 e. The summed E-state index contributed by atoms with van der Waals surface area (Å²) in [5.41, 5.74) is 11.0. The molecule has 90 heavy (non-hydrogen) atoms. The molecule has 0 saturated heterocycles. The zero-order valence-electron chi connectivity index (χ0n) is 53.7. The quantitative estimate of drug-likeness (QED) is 0.0197. The number of fused-ring (bicyclic) bond motifs is 4. The normalized spacial score (nSPS) is 15.7. The van der Waals surface area contributed by atoms with Crippen LogP contribution in [0.5, 0.6) is 0 Å². The van der Waals surface area contributed by atoms with Crippen molar-refractivity contribution in [1.29, 1.82) is 0 Å². The second-order valence-corrected chi connectivity index (χ2v) is 25.6. The average Bonchev–Trinajstić information content (AvgIpc) is 1.60. The number of carboxylic acid groups (broad SMARTS) is 1. The number of primary amides is 1. The van der Waals surface area contributed by atoms with Crippen molar-refractivity contribution >= 4 is 93.7 Å². The summed E-state index contributed by atoms with van der Waals surface area (Å²) in [6.07, 6.45) is 6.01. The van der Waals surface area contributed by atoms with E-state index in [1.165, 1.54) is 11.8 Å². The van der Waals surface area contributed by atoms with E-state index in [0.717, 1.165) is 38.7 Å². The lowest BCUT2D eigenvalue weighted by Gasteiger charge is -2.39. The van der Waals surface area contributed by atoms with Gasteiger partial charge in [-0.3, -0.25) is 34.1 Å². The van der Waals surface area contributed by atoms with Gasteiger partial charge in [0, 0.05) is 78.6 Å². The van der Waals surface area contributed by atoms with E-state index >= 15 is 0 Å². The van der Waals surface area contributed by atoms with E-state index < -0.39 is 94.8 Å². The number of hydrogen-bond acceptors (Lipinski definition) is 11. The Hall–Kier alpha value is -9.31. The largest absolute Gasteiger partial charge is 0.478 e. The summed E-state index contributed by atoms with van der Waals surface area (Å²) in [5, 5.41) is 30.4. The van der Waals surface area contributed by atoms with Crippen molar-refractivity contribution in [3.63, 3.8) is 0 Å². The maximum absolute atomic E-state index is 14.4. The number of carboxylic acids is 1. The van der Waals surface area contributed by atoms with Crippen molar-refractivity contribution in [3.8, 4) is 0 Å². The van der Waals surface area contributed by atoms with Gasteiger partial charge >= 0.3 is 18.1 Å². The van der Waals surface area contributed by atoms with Crippen LogP contribution in [0.3, 0.4) is 0 Å². The van der Waals surface area contributed by atoms with Gasteiger partial charge in [0.2, 0.25) is 35.4 Å². The Balaban J connectivity index is 0.964. The minimum atomic E-state index is -1.13. The Morgan fingerprint density at radius 3 is 2.08 bits per heavy atom. The van der Waals surface area contributed by atoms with Gasteiger partial charge in [-0.25, -0.2) is 14.4 Å². The highest BCUT2D eigenvalue weighted by Crippen LogP contribution is 2.46. The first kappa shape index (κ1) is 68.2. The fourth-order valence-corrected chi connectivity index (χ4v) is 11.5. The molecule has 6 atom stereocenters. The lowest BCUT2D eigenvalue weighted by Crippen LogP contribution is -2.61. The fourth-order valence-electron chi connectivity index (χ4n) is 11.5. The molecule has 2 aliphatic rings. The lowest BCUT2D eigenvalue weighted by atomic mass is 9.76. The number of benzene rings is 4. The first-order valence-electron chi connectivity index (χ1n) is 30.4. The Morgan fingerprint density at radius 1 is 0.767 bits per heavy atom. The van der Waals surface area contributed by atoms with Crippen LogP contribution in [0.25, 0.3) is 23.1 Å². The van der Waals surface area contributed by atoms with Gasteiger partial charge in [0.25, 0.3) is 0 Å². The van der Waals surface area contributed by atoms with E-state index in [1.807, 2.05) is 133 Å². The van der Waals surface area contributed by atoms with Gasteiger partial charge in [-0.05, 0) is 96.6 Å². The van der Waals surface area contributed by atoms with Crippen molar-refractivity contribution < 1.29 is 53.0 Å². The van der Waals surface area contributed by atoms with Crippen molar-refractivity contribution in [3.05, 3.63) is 136 Å². The number of nitrogens with one attached hydrogen (secondary N) is 7. The highest BCUT2D eigenvalue weighted by Gasteiger charge is 2.43. The predicted molar refractivity (Wildman–Crippen MR) is 348 cm³/mol. The number of likely N-dealkylation sites (N-methyl/N-ethyl adjacent to an activating group) is 2. The molecule has 4 aromatic carbocycles. The molecule has 0 radical (unpaired) electrons. The number of carbonyl (C=O) groups is 9. The summed E-state index contributed by atoms with van der Waals surface area (Å²) in [7, 11) is 5.15. The molecule has 0 fully saturated rings. The number of para-hydroxylation sites is 1. The van der Waals surface area contributed by atoms with Crippen LogP contribution >= 0.6 is 0 Å². The van der Waals surface area contributed by atoms with Gasteiger partial charge in [0.05, 0.1) is 29.8 Å². The van der Waals surface area contributed by atoms with E-state index in [1.54, 1.807) is 69.3 Å². The Kier molecular flexibility index (Phi) is 21.9. The minimum absolute atomic E-state index is 0.0798. The van der Waals surface area contributed by atoms with Crippen molar-refractivity contribution in [2.75, 3.05) is 36.2 Å². The van der Waals surface area contributed by atoms with Crippen LogP contribution < -0.4 is 47.9 Å². The number of aliphatic carboxylic acids is 1. The van der Waals surface area contributed by atoms with Crippen molar-refractivity contribution in [1.82, 2.24) is 36.1 Å². The first-order valence-corrected chi connectivity index (χ1v) is 30.4. The average molecular weight is 1230 g/mol. The summed E-state index contributed by atoms with van der Waals surface area (Å²) in [6, 6.07) is 20.4. The third-order valence-electron chi connectivity index (χ3n) is 16.7. The summed E-state index contributed by atoms with van der Waals surface area (Å²) in [5.74, 6) is -4.40. The molecular weight excluding hydrogens is 1150 g/mol. The van der Waals surface area contributed by atoms with E-state index in [4.69, 9.17) is 10.5 Å². The zero-order chi connectivity index (χ0) is 66.1. The molecule has 22 heteroatoms. The number of rotatable bonds is 25. The van der Waals surface area contributed by atoms with Crippen LogP contribution in [0.15, 0.2) is 103 Å². The lowest BCUT2D eigenvalue weighted by molar-refractivity contribution is -0.141. The molecule has 1 aliphatic heterocycles. The van der Waals surface area contributed by atoms with E-state index in [-0.39, 0.29) is 55.5 Å².